The summed E-state index contributed by atoms with van der Waals surface area (Å²) in [5.41, 5.74) is 0.434. The summed E-state index contributed by atoms with van der Waals surface area (Å²) in [5, 5.41) is 2.63. The lowest BCUT2D eigenvalue weighted by Crippen LogP contribution is -2.40. The lowest BCUT2D eigenvalue weighted by Gasteiger charge is -2.26. The number of amides is 1. The second kappa shape index (κ2) is 7.95. The van der Waals surface area contributed by atoms with E-state index in [1.165, 1.54) is 35.5 Å². The number of hydrogen-bond acceptors (Lipinski definition) is 6. The second-order valence-electron chi connectivity index (χ2n) is 6.93. The maximum absolute atomic E-state index is 12.6. The molecule has 9 heteroatoms. The molecule has 0 spiro atoms. The van der Waals surface area contributed by atoms with E-state index in [2.05, 4.69) is 5.32 Å². The van der Waals surface area contributed by atoms with Gasteiger partial charge in [0.25, 0.3) is 5.91 Å². The van der Waals surface area contributed by atoms with E-state index < -0.39 is 22.0 Å². The Kier molecular flexibility index (Phi) is 5.83. The number of ether oxygens (including phenoxy) is 2. The topological polar surface area (TPSA) is 102 Å². The molecule has 8 nitrogen and oxygen atoms in total. The zero-order valence-corrected chi connectivity index (χ0v) is 16.2. The first-order valence-corrected chi connectivity index (χ1v) is 10.4. The zero-order chi connectivity index (χ0) is 19.6. The van der Waals surface area contributed by atoms with Crippen LogP contribution in [0.1, 0.15) is 20.3 Å². The Balaban J connectivity index is 1.58. The third-order valence-corrected chi connectivity index (χ3v) is 6.72. The Bertz CT molecular complexity index is 802. The number of hydrogen-bond donors (Lipinski definition) is 1. The predicted molar refractivity (Wildman–Crippen MR) is 97.5 cm³/mol. The number of nitrogens with zero attached hydrogens (tertiary/aromatic N) is 1. The minimum Gasteiger partial charge on any atom is -0.452 e. The standard InChI is InChI=1S/C18H24N2O6S/c1-12-11-16(12)18(22)26-13(2)17(21)19-14-3-5-15(6-4-14)27(23,24)20-7-9-25-10-8-20/h3-6,12-13,16H,7-11H2,1-2H3,(H,19,21)/t12-,13+,16-/m1/s1. The highest BCUT2D eigenvalue weighted by molar-refractivity contribution is 7.89. The van der Waals surface area contributed by atoms with Gasteiger partial charge in [0, 0.05) is 18.8 Å². The summed E-state index contributed by atoms with van der Waals surface area (Å²) in [6.45, 7) is 4.88. The molecule has 1 aliphatic carbocycles. The van der Waals surface area contributed by atoms with Gasteiger partial charge in [0.2, 0.25) is 10.0 Å². The van der Waals surface area contributed by atoms with Gasteiger partial charge in [-0.05, 0) is 43.5 Å². The van der Waals surface area contributed by atoms with Crippen LogP contribution in [0.3, 0.4) is 0 Å². The predicted octanol–water partition coefficient (Wildman–Crippen LogP) is 1.23. The van der Waals surface area contributed by atoms with E-state index in [0.717, 1.165) is 6.42 Å². The highest BCUT2D eigenvalue weighted by Gasteiger charge is 2.41. The van der Waals surface area contributed by atoms with Crippen LogP contribution in [0.15, 0.2) is 29.2 Å². The van der Waals surface area contributed by atoms with E-state index in [0.29, 0.717) is 37.9 Å². The molecule has 3 atom stereocenters. The van der Waals surface area contributed by atoms with Crippen molar-refractivity contribution in [3.63, 3.8) is 0 Å². The van der Waals surface area contributed by atoms with Crippen molar-refractivity contribution in [2.24, 2.45) is 11.8 Å². The molecular weight excluding hydrogens is 372 g/mol. The summed E-state index contributed by atoms with van der Waals surface area (Å²) in [4.78, 5) is 24.1. The second-order valence-corrected chi connectivity index (χ2v) is 8.87. The van der Waals surface area contributed by atoms with Gasteiger partial charge in [0.15, 0.2) is 6.10 Å². The summed E-state index contributed by atoms with van der Waals surface area (Å²) < 4.78 is 36.9. The van der Waals surface area contributed by atoms with Crippen LogP contribution >= 0.6 is 0 Å². The molecule has 27 heavy (non-hydrogen) atoms. The van der Waals surface area contributed by atoms with Gasteiger partial charge < -0.3 is 14.8 Å². The molecule has 1 aromatic carbocycles. The van der Waals surface area contributed by atoms with E-state index in [1.54, 1.807) is 0 Å². The quantitative estimate of drug-likeness (QED) is 0.726. The van der Waals surface area contributed by atoms with E-state index in [-0.39, 0.29) is 16.8 Å². The first kappa shape index (κ1) is 19.8. The SMILES string of the molecule is C[C@H](OC(=O)[C@@H]1C[C@H]1C)C(=O)Nc1ccc(S(=O)(=O)N2CCOCC2)cc1. The molecule has 0 unspecified atom stereocenters. The first-order chi connectivity index (χ1) is 12.8. The highest BCUT2D eigenvalue weighted by Crippen LogP contribution is 2.38. The molecule has 3 rings (SSSR count). The van der Waals surface area contributed by atoms with Crippen molar-refractivity contribution in [2.45, 2.75) is 31.3 Å². The molecule has 1 heterocycles. The van der Waals surface area contributed by atoms with Gasteiger partial charge in [-0.2, -0.15) is 4.31 Å². The normalized spacial score (nSPS) is 24.1. The minimum atomic E-state index is -3.58. The fraction of sp³-hybridized carbons (Fsp3) is 0.556. The number of nitrogens with one attached hydrogen (secondary N) is 1. The van der Waals surface area contributed by atoms with Crippen LogP contribution in [0.25, 0.3) is 0 Å². The maximum atomic E-state index is 12.6. The summed E-state index contributed by atoms with van der Waals surface area (Å²) in [6, 6.07) is 5.93. The summed E-state index contributed by atoms with van der Waals surface area (Å²) in [5.74, 6) is -0.601. The van der Waals surface area contributed by atoms with Crippen LogP contribution in [0.4, 0.5) is 5.69 Å². The molecule has 2 aliphatic rings. The fourth-order valence-corrected chi connectivity index (χ4v) is 4.26. The third-order valence-electron chi connectivity index (χ3n) is 4.80. The number of carbonyl (C=O) groups excluding carboxylic acids is 2. The van der Waals surface area contributed by atoms with Gasteiger partial charge in [-0.25, -0.2) is 8.42 Å². The van der Waals surface area contributed by atoms with Crippen LogP contribution in [0.2, 0.25) is 0 Å². The van der Waals surface area contributed by atoms with Crippen molar-refractivity contribution < 1.29 is 27.5 Å². The van der Waals surface area contributed by atoms with Gasteiger partial charge in [-0.15, -0.1) is 0 Å². The fourth-order valence-electron chi connectivity index (χ4n) is 2.86. The lowest BCUT2D eigenvalue weighted by atomic mass is 10.3. The molecule has 1 aromatic rings. The van der Waals surface area contributed by atoms with Crippen molar-refractivity contribution in [2.75, 3.05) is 31.6 Å². The van der Waals surface area contributed by atoms with E-state index >= 15 is 0 Å². The van der Waals surface area contributed by atoms with Gasteiger partial charge in [-0.1, -0.05) is 6.92 Å². The van der Waals surface area contributed by atoms with Gasteiger partial charge in [-0.3, -0.25) is 9.59 Å². The molecule has 0 radical (unpaired) electrons. The van der Waals surface area contributed by atoms with Crippen molar-refractivity contribution >= 4 is 27.6 Å². The van der Waals surface area contributed by atoms with E-state index in [1.807, 2.05) is 6.92 Å². The van der Waals surface area contributed by atoms with Crippen molar-refractivity contribution in [3.05, 3.63) is 24.3 Å². The number of carbonyl (C=O) groups is 2. The monoisotopic (exact) mass is 396 g/mol. The van der Waals surface area contributed by atoms with Gasteiger partial charge in [0.05, 0.1) is 24.0 Å². The van der Waals surface area contributed by atoms with E-state index in [4.69, 9.17) is 9.47 Å². The average Bonchev–Trinajstić information content (AvgIpc) is 3.39. The van der Waals surface area contributed by atoms with Crippen molar-refractivity contribution in [3.8, 4) is 0 Å². The van der Waals surface area contributed by atoms with Crippen LogP contribution < -0.4 is 5.32 Å². The maximum Gasteiger partial charge on any atom is 0.309 e. The summed E-state index contributed by atoms with van der Waals surface area (Å²) in [6.07, 6.45) is -0.117. The zero-order valence-electron chi connectivity index (χ0n) is 15.4. The molecule has 1 saturated carbocycles. The minimum absolute atomic E-state index is 0.107. The number of morpholine rings is 1. The molecule has 0 bridgehead atoms. The molecule has 0 aromatic heterocycles. The largest absolute Gasteiger partial charge is 0.452 e. The number of rotatable bonds is 6. The number of anilines is 1. The van der Waals surface area contributed by atoms with Gasteiger partial charge in [0.1, 0.15) is 0 Å². The van der Waals surface area contributed by atoms with Crippen molar-refractivity contribution in [1.29, 1.82) is 0 Å². The van der Waals surface area contributed by atoms with Crippen LogP contribution in [0, 0.1) is 11.8 Å². The number of sulfonamides is 1. The number of benzene rings is 1. The molecular formula is C18H24N2O6S. The molecule has 148 valence electrons. The summed E-state index contributed by atoms with van der Waals surface area (Å²) >= 11 is 0. The molecule has 1 aliphatic heterocycles. The average molecular weight is 396 g/mol. The molecule has 2 fully saturated rings. The molecule has 1 saturated heterocycles. The molecule has 1 amide bonds. The smallest absolute Gasteiger partial charge is 0.309 e. The Morgan fingerprint density at radius 1 is 1.22 bits per heavy atom. The van der Waals surface area contributed by atoms with Crippen LogP contribution in [-0.4, -0.2) is 57.0 Å². The van der Waals surface area contributed by atoms with Crippen molar-refractivity contribution in [1.82, 2.24) is 4.31 Å². The van der Waals surface area contributed by atoms with Crippen LogP contribution in [0.5, 0.6) is 0 Å². The molecule has 1 N–H and O–H groups in total. The first-order valence-electron chi connectivity index (χ1n) is 8.98. The Morgan fingerprint density at radius 3 is 2.37 bits per heavy atom. The Morgan fingerprint density at radius 2 is 1.81 bits per heavy atom. The Labute approximate surface area is 158 Å². The van der Waals surface area contributed by atoms with Gasteiger partial charge >= 0.3 is 5.97 Å². The highest BCUT2D eigenvalue weighted by atomic mass is 32.2. The lowest BCUT2D eigenvalue weighted by molar-refractivity contribution is -0.154. The number of esters is 1. The third kappa shape index (κ3) is 4.66. The van der Waals surface area contributed by atoms with Crippen LogP contribution in [-0.2, 0) is 29.1 Å². The Hall–Kier alpha value is -1.97. The summed E-state index contributed by atoms with van der Waals surface area (Å²) in [7, 11) is -3.58. The van der Waals surface area contributed by atoms with E-state index in [9.17, 15) is 18.0 Å².